The van der Waals surface area contributed by atoms with E-state index in [4.69, 9.17) is 39.5 Å². The number of ether oxygens (including phenoxy) is 1. The van der Waals surface area contributed by atoms with E-state index in [1.165, 1.54) is 0 Å². The number of benzene rings is 1. The Bertz CT molecular complexity index is 684. The van der Waals surface area contributed by atoms with Crippen molar-refractivity contribution in [2.45, 2.75) is 3.79 Å². The molecule has 0 bridgehead atoms. The van der Waals surface area contributed by atoms with Crippen LogP contribution in [-0.2, 0) is 9.30 Å². The molecule has 23 heavy (non-hydrogen) atoms. The third-order valence-electron chi connectivity index (χ3n) is 3.37. The molecule has 1 saturated heterocycles. The fourth-order valence-electron chi connectivity index (χ4n) is 2.24. The second kappa shape index (κ2) is 6.71. The van der Waals surface area contributed by atoms with Crippen LogP contribution in [0.15, 0.2) is 39.9 Å². The molecule has 2 aliphatic rings. The Morgan fingerprint density at radius 2 is 1.78 bits per heavy atom. The van der Waals surface area contributed by atoms with E-state index in [1.807, 2.05) is 30.3 Å². The van der Waals surface area contributed by atoms with Crippen LogP contribution in [0.5, 0.6) is 0 Å². The molecule has 0 aromatic heterocycles. The number of hydrogen-bond acceptors (Lipinski definition) is 3. The van der Waals surface area contributed by atoms with Crippen molar-refractivity contribution in [2.24, 2.45) is 9.53 Å². The molecule has 0 amide bonds. The predicted octanol–water partition coefficient (Wildman–Crippen LogP) is 3.25. The zero-order valence-corrected chi connectivity index (χ0v) is 15.1. The molecule has 1 atom stereocenters. The van der Waals surface area contributed by atoms with Crippen molar-refractivity contribution in [2.75, 3.05) is 26.3 Å². The maximum absolute atomic E-state index is 13.3. The summed E-state index contributed by atoms with van der Waals surface area (Å²) < 4.78 is 26.9. The van der Waals surface area contributed by atoms with Gasteiger partial charge in [-0.05, 0) is 0 Å². The highest BCUT2D eigenvalue weighted by atomic mass is 35.6. The van der Waals surface area contributed by atoms with E-state index in [0.29, 0.717) is 32.1 Å². The van der Waals surface area contributed by atoms with Crippen LogP contribution in [0.2, 0.25) is 0 Å². The van der Waals surface area contributed by atoms with E-state index in [2.05, 4.69) is 14.8 Å². The van der Waals surface area contributed by atoms with Gasteiger partial charge in [0.1, 0.15) is 5.84 Å². The minimum atomic E-state index is -3.45. The van der Waals surface area contributed by atoms with E-state index in [1.54, 1.807) is 4.67 Å². The van der Waals surface area contributed by atoms with Crippen molar-refractivity contribution in [3.05, 3.63) is 35.9 Å². The lowest BCUT2D eigenvalue weighted by atomic mass is 10.2. The summed E-state index contributed by atoms with van der Waals surface area (Å²) in [4.78, 5) is 0. The van der Waals surface area contributed by atoms with Gasteiger partial charge in [0.25, 0.3) is 0 Å². The maximum atomic E-state index is 13.3. The second-order valence-electron chi connectivity index (χ2n) is 4.97. The third kappa shape index (κ3) is 3.90. The van der Waals surface area contributed by atoms with Crippen LogP contribution in [0.1, 0.15) is 5.56 Å². The number of hydrogen-bond donors (Lipinski definition) is 1. The highest BCUT2D eigenvalue weighted by molar-refractivity contribution is 7.59. The Labute approximate surface area is 149 Å². The average Bonchev–Trinajstić information content (AvgIpc) is 2.55. The minimum absolute atomic E-state index is 0.00572. The molecule has 0 spiro atoms. The fraction of sp³-hybridized carbons (Fsp3) is 0.385. The molecule has 0 radical (unpaired) electrons. The number of morpholine rings is 1. The number of nitrogens with zero attached hydrogens (tertiary/aromatic N) is 3. The largest absolute Gasteiger partial charge is 0.379 e. The molecular weight excluding hydrogens is 382 g/mol. The van der Waals surface area contributed by atoms with Gasteiger partial charge in [-0.2, -0.15) is 9.53 Å². The summed E-state index contributed by atoms with van der Waals surface area (Å²) in [6.07, 6.45) is 0. The van der Waals surface area contributed by atoms with Crippen molar-refractivity contribution in [1.82, 2.24) is 9.99 Å². The van der Waals surface area contributed by atoms with Gasteiger partial charge in [-0.3, -0.25) is 4.57 Å². The quantitative estimate of drug-likeness (QED) is 0.617. The SMILES string of the molecule is O=[P@]1(N2CCOCC2)N=C(c2ccccc2)NC(C(Cl)(Cl)Cl)=N1. The summed E-state index contributed by atoms with van der Waals surface area (Å²) in [6.45, 7) is 1.84. The monoisotopic (exact) mass is 394 g/mol. The molecule has 0 unspecified atom stereocenters. The normalized spacial score (nSPS) is 26.2. The van der Waals surface area contributed by atoms with Gasteiger partial charge >= 0.3 is 7.59 Å². The zero-order chi connectivity index (χ0) is 16.5. The van der Waals surface area contributed by atoms with Crippen LogP contribution in [-0.4, -0.2) is 46.4 Å². The maximum Gasteiger partial charge on any atom is 0.376 e. The van der Waals surface area contributed by atoms with Crippen molar-refractivity contribution in [3.8, 4) is 0 Å². The minimum Gasteiger partial charge on any atom is -0.379 e. The van der Waals surface area contributed by atoms with Crippen molar-refractivity contribution in [1.29, 1.82) is 0 Å². The lowest BCUT2D eigenvalue weighted by Crippen LogP contribution is -2.43. The van der Waals surface area contributed by atoms with E-state index in [0.717, 1.165) is 5.56 Å². The first-order valence-electron chi connectivity index (χ1n) is 6.92. The Morgan fingerprint density at radius 3 is 2.39 bits per heavy atom. The molecule has 1 N–H and O–H groups in total. The number of amidine groups is 2. The summed E-state index contributed by atoms with van der Waals surface area (Å²) in [5, 5.41) is 2.88. The molecule has 2 heterocycles. The van der Waals surface area contributed by atoms with Gasteiger partial charge in [-0.15, -0.1) is 0 Å². The first kappa shape index (κ1) is 17.2. The highest BCUT2D eigenvalue weighted by Crippen LogP contribution is 2.55. The summed E-state index contributed by atoms with van der Waals surface area (Å²) in [5.41, 5.74) is 0.739. The summed E-state index contributed by atoms with van der Waals surface area (Å²) in [7, 11) is -3.45. The number of rotatable bonds is 2. The smallest absolute Gasteiger partial charge is 0.376 e. The average molecular weight is 396 g/mol. The van der Waals surface area contributed by atoms with Gasteiger partial charge in [0.15, 0.2) is 5.84 Å². The van der Waals surface area contributed by atoms with Crippen LogP contribution in [0.3, 0.4) is 0 Å². The van der Waals surface area contributed by atoms with Crippen LogP contribution >= 0.6 is 42.4 Å². The third-order valence-corrected chi connectivity index (χ3v) is 5.96. The Kier molecular flexibility index (Phi) is 5.02. The Balaban J connectivity index is 2.03. The van der Waals surface area contributed by atoms with Gasteiger partial charge in [0.05, 0.1) is 13.2 Å². The number of nitrogens with one attached hydrogen (secondary N) is 1. The molecule has 1 aromatic carbocycles. The molecule has 3 rings (SSSR count). The van der Waals surface area contributed by atoms with E-state index >= 15 is 0 Å². The Hall–Kier alpha value is -0.620. The molecule has 1 aromatic rings. The topological polar surface area (TPSA) is 66.3 Å². The zero-order valence-electron chi connectivity index (χ0n) is 12.0. The van der Waals surface area contributed by atoms with Crippen LogP contribution in [0.25, 0.3) is 0 Å². The molecule has 10 heteroatoms. The first-order valence-corrected chi connectivity index (χ1v) is 9.62. The number of alkyl halides is 3. The lowest BCUT2D eigenvalue weighted by Gasteiger charge is -2.33. The van der Waals surface area contributed by atoms with Crippen LogP contribution in [0, 0.1) is 0 Å². The van der Waals surface area contributed by atoms with Crippen molar-refractivity contribution < 1.29 is 9.30 Å². The summed E-state index contributed by atoms with van der Waals surface area (Å²) in [6, 6.07) is 9.23. The molecule has 0 saturated carbocycles. The standard InChI is InChI=1S/C13H14Cl3N4O2P/c14-13(15,16)12-17-11(10-4-2-1-3-5-10)18-23(21,19-12)20-6-8-22-9-7-20/h1-5H,6-9H2,(H,17,18,19,21)/t23-/m1/s1. The molecule has 1 fully saturated rings. The lowest BCUT2D eigenvalue weighted by molar-refractivity contribution is 0.0720. The van der Waals surface area contributed by atoms with E-state index in [-0.39, 0.29) is 5.84 Å². The van der Waals surface area contributed by atoms with Gasteiger partial charge in [-0.1, -0.05) is 65.1 Å². The van der Waals surface area contributed by atoms with Gasteiger partial charge < -0.3 is 10.1 Å². The van der Waals surface area contributed by atoms with E-state index in [9.17, 15) is 4.57 Å². The first-order chi connectivity index (χ1) is 10.9. The highest BCUT2D eigenvalue weighted by Gasteiger charge is 2.40. The van der Waals surface area contributed by atoms with Gasteiger partial charge in [-0.25, -0.2) is 4.67 Å². The molecule has 2 aliphatic heterocycles. The van der Waals surface area contributed by atoms with Crippen molar-refractivity contribution >= 4 is 54.1 Å². The number of halogens is 3. The fourth-order valence-corrected chi connectivity index (χ4v) is 4.55. The van der Waals surface area contributed by atoms with Gasteiger partial charge in [0.2, 0.25) is 3.79 Å². The predicted molar refractivity (Wildman–Crippen MR) is 93.8 cm³/mol. The van der Waals surface area contributed by atoms with Crippen LogP contribution in [0.4, 0.5) is 0 Å². The Morgan fingerprint density at radius 1 is 1.13 bits per heavy atom. The molecule has 0 aliphatic carbocycles. The summed E-state index contributed by atoms with van der Waals surface area (Å²) in [5.74, 6) is 0.378. The van der Waals surface area contributed by atoms with Crippen LogP contribution < -0.4 is 5.32 Å². The van der Waals surface area contributed by atoms with Gasteiger partial charge in [0, 0.05) is 18.7 Å². The molecular formula is C13H14Cl3N4O2P. The second-order valence-corrected chi connectivity index (χ2v) is 9.24. The summed E-state index contributed by atoms with van der Waals surface area (Å²) >= 11 is 17.8. The molecule has 6 nitrogen and oxygen atoms in total. The van der Waals surface area contributed by atoms with E-state index < -0.39 is 11.4 Å². The van der Waals surface area contributed by atoms with Crippen molar-refractivity contribution in [3.63, 3.8) is 0 Å². The molecule has 124 valence electrons.